The molecule has 5 atom stereocenters. The fraction of sp³-hybridized carbons (Fsp3) is 0.545. The summed E-state index contributed by atoms with van der Waals surface area (Å²) < 4.78 is 18.9. The second kappa shape index (κ2) is 14.4. The zero-order valence-electron chi connectivity index (χ0n) is 25.5. The van der Waals surface area contributed by atoms with Crippen LogP contribution >= 0.6 is 0 Å². The first-order chi connectivity index (χ1) is 20.4. The van der Waals surface area contributed by atoms with Gasteiger partial charge in [0.2, 0.25) is 5.91 Å². The van der Waals surface area contributed by atoms with Crippen molar-refractivity contribution < 1.29 is 38.8 Å². The number of carbonyl (C=O) groups is 3. The van der Waals surface area contributed by atoms with Crippen molar-refractivity contribution in [2.45, 2.75) is 96.7 Å². The second-order valence-electron chi connectivity index (χ2n) is 12.4. The van der Waals surface area contributed by atoms with Crippen molar-refractivity contribution in [2.24, 2.45) is 5.92 Å². The number of carboxylic acid groups (broad SMARTS) is 1. The van der Waals surface area contributed by atoms with Crippen molar-refractivity contribution in [3.05, 3.63) is 70.8 Å². The summed E-state index contributed by atoms with van der Waals surface area (Å²) >= 11 is 0. The number of ether oxygens (including phenoxy) is 3. The molecule has 1 amide bonds. The minimum Gasteiger partial charge on any atom is -0.481 e. The summed E-state index contributed by atoms with van der Waals surface area (Å²) in [4.78, 5) is 37.8. The average molecular weight is 597 g/mol. The van der Waals surface area contributed by atoms with Crippen LogP contribution in [0.25, 0.3) is 0 Å². The Balaban J connectivity index is 1.50. The van der Waals surface area contributed by atoms with Crippen LogP contribution in [0.15, 0.2) is 48.5 Å². The van der Waals surface area contributed by atoms with Gasteiger partial charge < -0.3 is 29.7 Å². The number of nitrogens with zero attached hydrogens (tertiary/aromatic N) is 1. The van der Waals surface area contributed by atoms with Gasteiger partial charge >= 0.3 is 11.9 Å². The summed E-state index contributed by atoms with van der Waals surface area (Å²) in [5, 5.41) is 21.0. The number of hydrogen-bond acceptors (Lipinski definition) is 8. The third kappa shape index (κ3) is 9.09. The number of carboxylic acids is 1. The zero-order chi connectivity index (χ0) is 31.1. The van der Waals surface area contributed by atoms with Crippen LogP contribution in [0.3, 0.4) is 0 Å². The maximum Gasteiger partial charge on any atom is 0.323 e. The summed E-state index contributed by atoms with van der Waals surface area (Å²) in [7, 11) is 0. The van der Waals surface area contributed by atoms with E-state index in [1.54, 1.807) is 0 Å². The minimum atomic E-state index is -1.01. The lowest BCUT2D eigenvalue weighted by Gasteiger charge is -2.43. The molecular formula is C33H44N2O8. The van der Waals surface area contributed by atoms with Crippen molar-refractivity contribution in [3.63, 3.8) is 0 Å². The first kappa shape index (κ1) is 32.6. The molecule has 10 nitrogen and oxygen atoms in total. The molecule has 5 unspecified atom stereocenters. The zero-order valence-corrected chi connectivity index (χ0v) is 25.5. The van der Waals surface area contributed by atoms with Gasteiger partial charge in [0.1, 0.15) is 11.6 Å². The van der Waals surface area contributed by atoms with Gasteiger partial charge in [0, 0.05) is 31.0 Å². The smallest absolute Gasteiger partial charge is 0.323 e. The van der Waals surface area contributed by atoms with Gasteiger partial charge in [0.05, 0.1) is 25.2 Å². The minimum absolute atomic E-state index is 0.0311. The molecule has 0 bridgehead atoms. The summed E-state index contributed by atoms with van der Waals surface area (Å²) in [5.74, 6) is -1.56. The van der Waals surface area contributed by atoms with E-state index in [1.807, 2.05) is 69.3 Å². The molecule has 3 N–H and O–H groups in total. The summed E-state index contributed by atoms with van der Waals surface area (Å²) in [6, 6.07) is 15.0. The first-order valence-electron chi connectivity index (χ1n) is 15.0. The lowest BCUT2D eigenvalue weighted by molar-refractivity contribution is -0.276. The standard InChI is InChI=1S/C33H44N2O8/c1-21-27(19-35-17-5-6-26(35)31(40)43-33(2,3)4)41-32(42-30(21)24-11-9-23(20-36)10-12-24)25-13-7-22(8-14-25)18-34-28(37)15-16-29(38)39/h7-14,21,26-27,30,32,36H,5-6,15-20H2,1-4H3,(H,34,37)(H,38,39). The third-order valence-electron chi connectivity index (χ3n) is 7.89. The Hall–Kier alpha value is -3.31. The summed E-state index contributed by atoms with van der Waals surface area (Å²) in [5.41, 5.74) is 2.92. The highest BCUT2D eigenvalue weighted by Gasteiger charge is 2.42. The van der Waals surface area contributed by atoms with Crippen LogP contribution in [0.2, 0.25) is 0 Å². The molecule has 2 aromatic carbocycles. The number of aliphatic carboxylic acids is 1. The fourth-order valence-corrected chi connectivity index (χ4v) is 5.54. The molecule has 2 saturated heterocycles. The maximum atomic E-state index is 13.0. The van der Waals surface area contributed by atoms with Gasteiger partial charge in [-0.2, -0.15) is 0 Å². The number of carbonyl (C=O) groups excluding carboxylic acids is 2. The number of likely N-dealkylation sites (tertiary alicyclic amines) is 1. The Morgan fingerprint density at radius 1 is 0.977 bits per heavy atom. The molecule has 2 aromatic rings. The van der Waals surface area contributed by atoms with E-state index < -0.39 is 17.9 Å². The van der Waals surface area contributed by atoms with E-state index in [0.29, 0.717) is 6.54 Å². The lowest BCUT2D eigenvalue weighted by atomic mass is 9.90. The lowest BCUT2D eigenvalue weighted by Crippen LogP contribution is -2.48. The van der Waals surface area contributed by atoms with Gasteiger partial charge in [-0.1, -0.05) is 55.5 Å². The molecule has 2 aliphatic rings. The van der Waals surface area contributed by atoms with Gasteiger partial charge in [-0.25, -0.2) is 0 Å². The van der Waals surface area contributed by atoms with E-state index in [1.165, 1.54) is 0 Å². The maximum absolute atomic E-state index is 13.0. The Morgan fingerprint density at radius 2 is 1.63 bits per heavy atom. The van der Waals surface area contributed by atoms with Crippen LogP contribution < -0.4 is 5.32 Å². The largest absolute Gasteiger partial charge is 0.481 e. The van der Waals surface area contributed by atoms with Gasteiger partial charge in [0.15, 0.2) is 6.29 Å². The quantitative estimate of drug-likeness (QED) is 0.325. The van der Waals surface area contributed by atoms with E-state index in [9.17, 15) is 19.5 Å². The Kier molecular flexibility index (Phi) is 10.9. The molecule has 0 aliphatic carbocycles. The van der Waals surface area contributed by atoms with Crippen LogP contribution in [-0.4, -0.2) is 63.8 Å². The highest BCUT2D eigenvalue weighted by atomic mass is 16.7. The van der Waals surface area contributed by atoms with Crippen molar-refractivity contribution in [2.75, 3.05) is 13.1 Å². The number of benzene rings is 2. The predicted octanol–water partition coefficient (Wildman–Crippen LogP) is 4.26. The van der Waals surface area contributed by atoms with Crippen LogP contribution in [-0.2, 0) is 41.7 Å². The van der Waals surface area contributed by atoms with Gasteiger partial charge in [-0.05, 0) is 56.8 Å². The number of esters is 1. The molecule has 0 aromatic heterocycles. The number of aliphatic hydroxyl groups excluding tert-OH is 1. The van der Waals surface area contributed by atoms with Crippen molar-refractivity contribution >= 4 is 17.8 Å². The SMILES string of the molecule is CC1C(CN2CCCC2C(=O)OC(C)(C)C)OC(c2ccc(CNC(=O)CCC(=O)O)cc2)OC1c1ccc(CO)cc1. The van der Waals surface area contributed by atoms with Crippen molar-refractivity contribution in [3.8, 4) is 0 Å². The highest BCUT2D eigenvalue weighted by Crippen LogP contribution is 2.42. The second-order valence-corrected chi connectivity index (χ2v) is 12.4. The number of amides is 1. The molecule has 0 radical (unpaired) electrons. The molecule has 10 heteroatoms. The third-order valence-corrected chi connectivity index (χ3v) is 7.89. The van der Waals surface area contributed by atoms with E-state index in [-0.39, 0.29) is 62.0 Å². The van der Waals surface area contributed by atoms with E-state index in [0.717, 1.165) is 41.6 Å². The number of aliphatic hydroxyl groups is 1. The summed E-state index contributed by atoms with van der Waals surface area (Å²) in [6.07, 6.45) is 0.195. The predicted molar refractivity (Wildman–Crippen MR) is 159 cm³/mol. The number of hydrogen-bond donors (Lipinski definition) is 3. The van der Waals surface area contributed by atoms with E-state index in [4.69, 9.17) is 19.3 Å². The van der Waals surface area contributed by atoms with Gasteiger partial charge in [0.25, 0.3) is 0 Å². The molecule has 0 saturated carbocycles. The van der Waals surface area contributed by atoms with Crippen molar-refractivity contribution in [1.29, 1.82) is 0 Å². The Labute approximate surface area is 253 Å². The fourth-order valence-electron chi connectivity index (χ4n) is 5.54. The molecule has 43 heavy (non-hydrogen) atoms. The molecule has 2 heterocycles. The molecule has 4 rings (SSSR count). The molecule has 2 fully saturated rings. The van der Waals surface area contributed by atoms with Crippen LogP contribution in [0.1, 0.15) is 88.0 Å². The average Bonchev–Trinajstić information content (AvgIpc) is 3.44. The monoisotopic (exact) mass is 596 g/mol. The molecular weight excluding hydrogens is 552 g/mol. The number of rotatable bonds is 11. The molecule has 0 spiro atoms. The van der Waals surface area contributed by atoms with Crippen molar-refractivity contribution in [1.82, 2.24) is 10.2 Å². The first-order valence-corrected chi connectivity index (χ1v) is 15.0. The van der Waals surface area contributed by atoms with Crippen LogP contribution in [0, 0.1) is 5.92 Å². The topological polar surface area (TPSA) is 135 Å². The molecule has 234 valence electrons. The highest BCUT2D eigenvalue weighted by molar-refractivity contribution is 5.80. The molecule has 2 aliphatic heterocycles. The van der Waals surface area contributed by atoms with E-state index in [2.05, 4.69) is 17.1 Å². The number of nitrogens with one attached hydrogen (secondary N) is 1. The van der Waals surface area contributed by atoms with Gasteiger partial charge in [-0.3, -0.25) is 19.3 Å². The van der Waals surface area contributed by atoms with Crippen LogP contribution in [0.5, 0.6) is 0 Å². The van der Waals surface area contributed by atoms with Crippen LogP contribution in [0.4, 0.5) is 0 Å². The Morgan fingerprint density at radius 3 is 2.26 bits per heavy atom. The normalized spacial score (nSPS) is 24.4. The van der Waals surface area contributed by atoms with Gasteiger partial charge in [-0.15, -0.1) is 0 Å². The Bertz CT molecular complexity index is 1240. The van der Waals surface area contributed by atoms with E-state index >= 15 is 0 Å². The summed E-state index contributed by atoms with van der Waals surface area (Å²) in [6.45, 7) is 9.31.